The molecule has 0 aliphatic rings. The number of hydrogen-bond acceptors (Lipinski definition) is 9. The van der Waals surface area contributed by atoms with Crippen LogP contribution in [-0.2, 0) is 4.79 Å². The van der Waals surface area contributed by atoms with Crippen molar-refractivity contribution in [1.29, 1.82) is 0 Å². The fourth-order valence-electron chi connectivity index (χ4n) is 3.16. The van der Waals surface area contributed by atoms with Gasteiger partial charge in [-0.25, -0.2) is 0 Å². The quantitative estimate of drug-likeness (QED) is 0.189. The van der Waals surface area contributed by atoms with Crippen molar-refractivity contribution < 1.29 is 19.4 Å². The molecule has 4 rings (SSSR count). The summed E-state index contributed by atoms with van der Waals surface area (Å²) in [5.41, 5.74) is 1.33. The number of anilines is 2. The van der Waals surface area contributed by atoms with Crippen molar-refractivity contribution in [2.24, 2.45) is 0 Å². The van der Waals surface area contributed by atoms with E-state index >= 15 is 0 Å². The van der Waals surface area contributed by atoms with E-state index in [0.29, 0.717) is 16.1 Å². The van der Waals surface area contributed by atoms with Gasteiger partial charge in [-0.1, -0.05) is 35.6 Å². The van der Waals surface area contributed by atoms with Gasteiger partial charge in [-0.05, 0) is 35.9 Å². The van der Waals surface area contributed by atoms with Gasteiger partial charge >= 0.3 is 0 Å². The summed E-state index contributed by atoms with van der Waals surface area (Å²) in [6, 6.07) is 17.9. The van der Waals surface area contributed by atoms with E-state index in [9.17, 15) is 29.8 Å². The van der Waals surface area contributed by atoms with Crippen LogP contribution < -0.4 is 10.6 Å². The molecule has 12 nitrogen and oxygen atoms in total. The first-order valence-corrected chi connectivity index (χ1v) is 11.3. The molecule has 0 fully saturated rings. The molecule has 0 aliphatic carbocycles. The standard InChI is InChI=1S/C24H16N6O6S/c31-21(13-8-15-4-3-5-18(14-15)30(35)36)25-20-7-2-1-6-19(20)22(32)26-24-28-27-23(37-24)16-9-11-17(12-10-16)29(33)34/h1-14H,(H,25,31)(H,26,28,32)/b13-8+. The van der Waals surface area contributed by atoms with Crippen molar-refractivity contribution in [2.45, 2.75) is 0 Å². The number of amides is 2. The third-order valence-corrected chi connectivity index (χ3v) is 5.80. The average Bonchev–Trinajstić information content (AvgIpc) is 3.36. The Kier molecular flexibility index (Phi) is 7.35. The Morgan fingerprint density at radius 3 is 2.30 bits per heavy atom. The molecule has 0 saturated heterocycles. The monoisotopic (exact) mass is 516 g/mol. The molecule has 3 aromatic carbocycles. The fourth-order valence-corrected chi connectivity index (χ4v) is 3.90. The molecule has 0 unspecified atom stereocenters. The first-order chi connectivity index (χ1) is 17.8. The summed E-state index contributed by atoms with van der Waals surface area (Å²) >= 11 is 1.08. The molecule has 0 spiro atoms. The van der Waals surface area contributed by atoms with E-state index in [1.54, 1.807) is 24.3 Å². The molecule has 2 amide bonds. The van der Waals surface area contributed by atoms with Crippen molar-refractivity contribution in [2.75, 3.05) is 10.6 Å². The zero-order chi connectivity index (χ0) is 26.4. The van der Waals surface area contributed by atoms with Crippen LogP contribution in [0.3, 0.4) is 0 Å². The maximum Gasteiger partial charge on any atom is 0.270 e. The molecule has 0 radical (unpaired) electrons. The minimum atomic E-state index is -0.539. The summed E-state index contributed by atoms with van der Waals surface area (Å²) in [7, 11) is 0. The largest absolute Gasteiger partial charge is 0.322 e. The van der Waals surface area contributed by atoms with Crippen LogP contribution in [-0.4, -0.2) is 31.9 Å². The Balaban J connectivity index is 1.44. The van der Waals surface area contributed by atoms with Gasteiger partial charge in [-0.3, -0.25) is 35.1 Å². The second kappa shape index (κ2) is 11.0. The SMILES string of the molecule is O=C(/C=C/c1cccc([N+](=O)[O-])c1)Nc1ccccc1C(=O)Nc1nnc(-c2ccc([N+](=O)[O-])cc2)s1. The highest BCUT2D eigenvalue weighted by Gasteiger charge is 2.16. The van der Waals surface area contributed by atoms with Crippen molar-refractivity contribution >= 4 is 51.4 Å². The van der Waals surface area contributed by atoms with Crippen molar-refractivity contribution in [3.63, 3.8) is 0 Å². The van der Waals surface area contributed by atoms with E-state index in [0.717, 1.165) is 11.3 Å². The lowest BCUT2D eigenvalue weighted by Crippen LogP contribution is -2.16. The van der Waals surface area contributed by atoms with Gasteiger partial charge in [0.1, 0.15) is 5.01 Å². The van der Waals surface area contributed by atoms with Crippen LogP contribution in [0.5, 0.6) is 0 Å². The number of hydrogen-bond donors (Lipinski definition) is 2. The first kappa shape index (κ1) is 24.8. The number of carbonyl (C=O) groups is 2. The predicted molar refractivity (Wildman–Crippen MR) is 137 cm³/mol. The Labute approximate surface area is 212 Å². The number of non-ortho nitro benzene ring substituents is 2. The minimum Gasteiger partial charge on any atom is -0.322 e. The van der Waals surface area contributed by atoms with Crippen LogP contribution in [0.15, 0.2) is 78.9 Å². The van der Waals surface area contributed by atoms with Gasteiger partial charge < -0.3 is 5.32 Å². The van der Waals surface area contributed by atoms with Crippen molar-refractivity contribution in [3.05, 3.63) is 110 Å². The average molecular weight is 516 g/mol. The molecule has 0 aliphatic heterocycles. The zero-order valence-corrected chi connectivity index (χ0v) is 19.5. The van der Waals surface area contributed by atoms with Crippen LogP contribution in [0.2, 0.25) is 0 Å². The van der Waals surface area contributed by atoms with E-state index < -0.39 is 21.7 Å². The van der Waals surface area contributed by atoms with Gasteiger partial charge in [-0.15, -0.1) is 10.2 Å². The summed E-state index contributed by atoms with van der Waals surface area (Å²) in [6.07, 6.45) is 2.63. The van der Waals surface area contributed by atoms with Gasteiger partial charge in [-0.2, -0.15) is 0 Å². The lowest BCUT2D eigenvalue weighted by molar-refractivity contribution is -0.385. The van der Waals surface area contributed by atoms with E-state index in [2.05, 4.69) is 20.8 Å². The molecule has 1 heterocycles. The highest BCUT2D eigenvalue weighted by molar-refractivity contribution is 7.18. The summed E-state index contributed by atoms with van der Waals surface area (Å²) in [5.74, 6) is -1.08. The highest BCUT2D eigenvalue weighted by atomic mass is 32.1. The predicted octanol–water partition coefficient (Wildman–Crippen LogP) is 4.93. The molecule has 0 saturated carbocycles. The van der Waals surface area contributed by atoms with Gasteiger partial charge in [0.25, 0.3) is 17.3 Å². The molecule has 0 atom stereocenters. The van der Waals surface area contributed by atoms with E-state index in [4.69, 9.17) is 0 Å². The van der Waals surface area contributed by atoms with E-state index in [-0.39, 0.29) is 27.8 Å². The fraction of sp³-hybridized carbons (Fsp3) is 0. The first-order valence-electron chi connectivity index (χ1n) is 10.5. The number of nitro groups is 2. The van der Waals surface area contributed by atoms with Gasteiger partial charge in [0.15, 0.2) is 0 Å². The topological polar surface area (TPSA) is 170 Å². The zero-order valence-electron chi connectivity index (χ0n) is 18.7. The van der Waals surface area contributed by atoms with Crippen LogP contribution in [0.1, 0.15) is 15.9 Å². The molecule has 0 bridgehead atoms. The summed E-state index contributed by atoms with van der Waals surface area (Å²) < 4.78 is 0. The minimum absolute atomic E-state index is 0.0552. The third-order valence-electron chi connectivity index (χ3n) is 4.91. The maximum absolute atomic E-state index is 12.9. The molecular weight excluding hydrogens is 500 g/mol. The highest BCUT2D eigenvalue weighted by Crippen LogP contribution is 2.28. The smallest absolute Gasteiger partial charge is 0.270 e. The number of aromatic nitrogens is 2. The molecule has 2 N–H and O–H groups in total. The second-order valence-corrected chi connectivity index (χ2v) is 8.37. The normalized spacial score (nSPS) is 10.7. The number of benzene rings is 3. The second-order valence-electron chi connectivity index (χ2n) is 7.39. The lowest BCUT2D eigenvalue weighted by Gasteiger charge is -2.09. The lowest BCUT2D eigenvalue weighted by atomic mass is 10.1. The van der Waals surface area contributed by atoms with Gasteiger partial charge in [0.05, 0.1) is 21.1 Å². The van der Waals surface area contributed by atoms with Crippen LogP contribution in [0.4, 0.5) is 22.2 Å². The Morgan fingerprint density at radius 2 is 1.57 bits per heavy atom. The van der Waals surface area contributed by atoms with E-state index in [1.165, 1.54) is 60.7 Å². The molecule has 1 aromatic heterocycles. The molecular formula is C24H16N6O6S. The van der Waals surface area contributed by atoms with Gasteiger partial charge in [0.2, 0.25) is 11.0 Å². The van der Waals surface area contributed by atoms with Gasteiger partial charge in [0, 0.05) is 35.9 Å². The number of nitrogens with zero attached hydrogens (tertiary/aromatic N) is 4. The number of nitro benzene ring substituents is 2. The maximum atomic E-state index is 12.9. The van der Waals surface area contributed by atoms with Crippen LogP contribution >= 0.6 is 11.3 Å². The Bertz CT molecular complexity index is 1530. The Morgan fingerprint density at radius 1 is 0.838 bits per heavy atom. The van der Waals surface area contributed by atoms with Crippen LogP contribution in [0.25, 0.3) is 16.6 Å². The van der Waals surface area contributed by atoms with Crippen molar-refractivity contribution in [1.82, 2.24) is 10.2 Å². The molecule has 13 heteroatoms. The number of para-hydroxylation sites is 1. The van der Waals surface area contributed by atoms with Crippen molar-refractivity contribution in [3.8, 4) is 10.6 Å². The van der Waals surface area contributed by atoms with E-state index in [1.807, 2.05) is 0 Å². The number of nitrogens with one attached hydrogen (secondary N) is 2. The summed E-state index contributed by atoms with van der Waals surface area (Å²) in [5, 5.41) is 35.6. The molecule has 37 heavy (non-hydrogen) atoms. The Hall–Kier alpha value is -5.30. The van der Waals surface area contributed by atoms with Crippen LogP contribution in [0, 0.1) is 20.2 Å². The molecule has 184 valence electrons. The molecule has 4 aromatic rings. The summed E-state index contributed by atoms with van der Waals surface area (Å²) in [4.78, 5) is 46.0. The number of carbonyl (C=O) groups excluding carboxylic acids is 2. The third kappa shape index (κ3) is 6.23. The number of rotatable bonds is 8. The summed E-state index contributed by atoms with van der Waals surface area (Å²) in [6.45, 7) is 0.